The minimum Gasteiger partial charge on any atom is -0.469 e. The number of nitrogens with zero attached hydrogens (tertiary/aromatic N) is 3. The number of carbonyl (C=O) groups excluding carboxylic acids is 5. The number of anilines is 2. The lowest BCUT2D eigenvalue weighted by Gasteiger charge is -2.38. The Labute approximate surface area is 441 Å². The second kappa shape index (κ2) is 23.2. The number of amides is 2. The van der Waals surface area contributed by atoms with Crippen LogP contribution in [0.5, 0.6) is 0 Å². The lowest BCUT2D eigenvalue weighted by molar-refractivity contribution is -0.528. The highest BCUT2D eigenvalue weighted by molar-refractivity contribution is 6.32. The van der Waals surface area contributed by atoms with Gasteiger partial charge in [-0.2, -0.15) is 0 Å². The number of methoxy groups -OCH3 is 2. The molecule has 22 heteroatoms. The number of halogens is 5. The number of fused-ring (bicyclic) bond motifs is 4. The van der Waals surface area contributed by atoms with Gasteiger partial charge in [0, 0.05) is 77.7 Å². The van der Waals surface area contributed by atoms with E-state index in [1.54, 1.807) is 84.9 Å². The van der Waals surface area contributed by atoms with Crippen molar-refractivity contribution < 1.29 is 49.1 Å². The molecule has 4 aromatic carbocycles. The largest absolute Gasteiger partial charge is 0.469 e. The fraction of sp³-hybridized carbons (Fsp3) is 0.431. The van der Waals surface area contributed by atoms with E-state index in [0.29, 0.717) is 72.1 Å². The first-order valence-corrected chi connectivity index (χ1v) is 24.9. The number of esters is 2. The predicted molar refractivity (Wildman–Crippen MR) is 272 cm³/mol. The summed E-state index contributed by atoms with van der Waals surface area (Å²) in [5.41, 5.74) is 0.677. The molecule has 8 atom stereocenters. The zero-order chi connectivity index (χ0) is 53.6. The van der Waals surface area contributed by atoms with Crippen molar-refractivity contribution in [1.82, 2.24) is 10.2 Å². The van der Waals surface area contributed by atoms with Crippen LogP contribution in [0, 0.1) is 32.1 Å². The van der Waals surface area contributed by atoms with Crippen LogP contribution in [0.4, 0.5) is 15.8 Å². The number of carbonyl (C=O) groups is 5. The zero-order valence-corrected chi connectivity index (χ0v) is 42.6. The standard InChI is InChI=1S/C25H25Cl2N3O5.C21H19Cl2N3O5.C4H6O.CH3F/c1-35-21(31)10-9-20-23(30(33)34)22(15-3-2-4-16(26)11-15)25(29(20)13-14-5-6-14)18-8-7-17(27)12-19(18)28-24(25)32;1-31-17(27)8-7-15-19(26(29)30)18(11-3-2-4-12(22)9-11)21(25-15)14-6-5-13(23)10-16(14)24-20(21)28;5-3-4-1-2-4;1-2/h2-4,7-8,11-12,14,20,22-23H,5-6,9-10,13H2,1H3,(H,28,32);2-6,9-10,15,18-19,25H,7-8H2,1H3,(H,24,28);3-4H,1-2H2;1H3/t20-,22-,23+,25+;15-,18-,19+,21+;;/m00../s1/i;;;1D. The number of aldehydes is 1. The quantitative estimate of drug-likeness (QED) is 0.0491. The summed E-state index contributed by atoms with van der Waals surface area (Å²) >= 11 is 24.9. The van der Waals surface area contributed by atoms with Gasteiger partial charge in [0.25, 0.3) is 5.91 Å². The predicted octanol–water partition coefficient (Wildman–Crippen LogP) is 9.29. The van der Waals surface area contributed by atoms with Crippen molar-refractivity contribution in [2.24, 2.45) is 11.8 Å². The molecule has 3 N–H and O–H groups in total. The molecular formula is C51H53Cl4FN6O11. The number of likely N-dealkylation sites (tertiary alicyclic amines) is 1. The van der Waals surface area contributed by atoms with E-state index < -0.39 is 77.0 Å². The van der Waals surface area contributed by atoms with Crippen molar-refractivity contribution in [3.63, 3.8) is 0 Å². The molecule has 6 aliphatic rings. The average Bonchev–Trinajstić information content (AvgIpc) is 4.28. The zero-order valence-electron chi connectivity index (χ0n) is 40.6. The van der Waals surface area contributed by atoms with Gasteiger partial charge in [0.1, 0.15) is 17.4 Å². The normalized spacial score (nSPS) is 26.3. The molecule has 4 fully saturated rings. The molecule has 0 aromatic heterocycles. The summed E-state index contributed by atoms with van der Waals surface area (Å²) in [6.45, 7) is 0.517. The molecule has 2 aliphatic carbocycles. The summed E-state index contributed by atoms with van der Waals surface area (Å²) in [7, 11) is 1.56. The molecule has 2 spiro atoms. The van der Waals surface area contributed by atoms with Crippen LogP contribution in [-0.4, -0.2) is 96.9 Å². The summed E-state index contributed by atoms with van der Waals surface area (Å²) < 4.78 is 25.0. The van der Waals surface area contributed by atoms with Crippen LogP contribution >= 0.6 is 46.4 Å². The number of benzene rings is 4. The number of rotatable bonds is 13. The fourth-order valence-electron chi connectivity index (χ4n) is 10.9. The van der Waals surface area contributed by atoms with Gasteiger partial charge in [-0.15, -0.1) is 0 Å². The number of nitrogens with one attached hydrogen (secondary N) is 3. The third kappa shape index (κ3) is 11.1. The fourth-order valence-corrected chi connectivity index (χ4v) is 11.7. The smallest absolute Gasteiger partial charge is 0.305 e. The molecule has 388 valence electrons. The highest BCUT2D eigenvalue weighted by atomic mass is 35.5. The van der Waals surface area contributed by atoms with Gasteiger partial charge in [-0.05, 0) is 104 Å². The minimum atomic E-state index is -1.41. The maximum absolute atomic E-state index is 14.0. The molecule has 0 radical (unpaired) electrons. The third-order valence-corrected chi connectivity index (χ3v) is 15.2. The van der Waals surface area contributed by atoms with Gasteiger partial charge in [-0.3, -0.25) is 54.0 Å². The molecule has 0 unspecified atom stereocenters. The molecule has 73 heavy (non-hydrogen) atoms. The monoisotopic (exact) mass is 1090 g/mol. The van der Waals surface area contributed by atoms with Crippen LogP contribution in [0.25, 0.3) is 0 Å². The Bertz CT molecular complexity index is 2810. The van der Waals surface area contributed by atoms with Gasteiger partial charge in [-0.1, -0.05) is 82.8 Å². The van der Waals surface area contributed by atoms with Crippen molar-refractivity contribution >= 4 is 87.8 Å². The summed E-state index contributed by atoms with van der Waals surface area (Å²) in [6.07, 6.45) is 5.62. The van der Waals surface area contributed by atoms with E-state index in [2.05, 4.69) is 16.0 Å². The number of hydrogen-bond acceptors (Lipinski definition) is 13. The Morgan fingerprint density at radius 1 is 0.753 bits per heavy atom. The van der Waals surface area contributed by atoms with Crippen LogP contribution in [-0.2, 0) is 44.5 Å². The molecule has 2 saturated carbocycles. The van der Waals surface area contributed by atoms with Gasteiger partial charge in [-0.25, -0.2) is 0 Å². The van der Waals surface area contributed by atoms with Crippen LogP contribution in [0.2, 0.25) is 20.1 Å². The molecule has 4 aromatic rings. The van der Waals surface area contributed by atoms with Gasteiger partial charge in [0.15, 0.2) is 0 Å². The SMILES string of the molecule is COC(=O)CC[C@@H]1N[C@@]2(C(=O)Nc3cc(Cl)ccc32)[C@@H](c2cccc(Cl)c2)[C@@H]1[N+](=O)[O-].COC(=O)CC[C@H]1[C@@H]([N+](=O)[O-])[C@H](c2cccc(Cl)c2)[C@]2(C(=O)Nc3cc(Cl)ccc32)N1CC1CC1.O=CC1CC1.[2H]CF. The molecule has 4 heterocycles. The van der Waals surface area contributed by atoms with Crippen LogP contribution in [0.1, 0.15) is 86.8 Å². The number of alkyl halides is 1. The summed E-state index contributed by atoms with van der Waals surface area (Å²) in [6, 6.07) is 20.0. The lowest BCUT2D eigenvalue weighted by atomic mass is 9.73. The summed E-state index contributed by atoms with van der Waals surface area (Å²) in [4.78, 5) is 87.1. The van der Waals surface area contributed by atoms with E-state index >= 15 is 0 Å². The van der Waals surface area contributed by atoms with E-state index in [9.17, 15) is 48.6 Å². The van der Waals surface area contributed by atoms with E-state index in [1.165, 1.54) is 14.2 Å². The first-order valence-electron chi connectivity index (χ1n) is 24.1. The Morgan fingerprint density at radius 2 is 1.26 bits per heavy atom. The molecule has 17 nitrogen and oxygen atoms in total. The van der Waals surface area contributed by atoms with Gasteiger partial charge < -0.3 is 24.9 Å². The summed E-state index contributed by atoms with van der Waals surface area (Å²) in [5, 5.41) is 35.7. The van der Waals surface area contributed by atoms with E-state index in [4.69, 9.17) is 57.2 Å². The molecular weight excluding hydrogens is 1030 g/mol. The highest BCUT2D eigenvalue weighted by Crippen LogP contribution is 2.60. The Morgan fingerprint density at radius 3 is 1.75 bits per heavy atom. The minimum absolute atomic E-state index is 0.0140. The lowest BCUT2D eigenvalue weighted by Crippen LogP contribution is -2.52. The Hall–Kier alpha value is -5.76. The number of ether oxygens (including phenoxy) is 2. The average molecular weight is 1090 g/mol. The van der Waals surface area contributed by atoms with E-state index in [-0.39, 0.29) is 36.5 Å². The van der Waals surface area contributed by atoms with E-state index in [0.717, 1.165) is 32.0 Å². The first kappa shape index (κ1) is 53.5. The van der Waals surface area contributed by atoms with Crippen LogP contribution in [0.15, 0.2) is 84.9 Å². The van der Waals surface area contributed by atoms with Crippen molar-refractivity contribution in [3.05, 3.63) is 148 Å². The van der Waals surface area contributed by atoms with Gasteiger partial charge in [0.2, 0.25) is 18.0 Å². The molecule has 0 bridgehead atoms. The van der Waals surface area contributed by atoms with Gasteiger partial charge in [0.05, 0.1) is 46.7 Å². The van der Waals surface area contributed by atoms with Crippen LogP contribution in [0.3, 0.4) is 0 Å². The molecule has 4 aliphatic heterocycles. The second-order valence-corrected chi connectivity index (χ2v) is 20.3. The van der Waals surface area contributed by atoms with Gasteiger partial charge >= 0.3 is 11.9 Å². The van der Waals surface area contributed by atoms with Crippen LogP contribution < -0.4 is 16.0 Å². The topological polar surface area (TPSA) is 229 Å². The maximum atomic E-state index is 14.0. The maximum Gasteiger partial charge on any atom is 0.305 e. The number of hydrogen-bond donors (Lipinski definition) is 3. The first-order chi connectivity index (χ1) is 35.4. The third-order valence-electron chi connectivity index (χ3n) is 14.3. The Balaban J connectivity index is 0.000000189. The Kier molecular flexibility index (Phi) is 17.0. The van der Waals surface area contributed by atoms with Crippen molar-refractivity contribution in [2.45, 2.75) is 98.4 Å². The second-order valence-electron chi connectivity index (χ2n) is 18.6. The van der Waals surface area contributed by atoms with Crippen molar-refractivity contribution in [3.8, 4) is 0 Å². The highest BCUT2D eigenvalue weighted by Gasteiger charge is 2.71. The van der Waals surface area contributed by atoms with Crippen molar-refractivity contribution in [1.29, 1.82) is 0 Å². The molecule has 2 amide bonds. The molecule has 2 saturated heterocycles. The van der Waals surface area contributed by atoms with Crippen molar-refractivity contribution in [2.75, 3.05) is 38.6 Å². The number of nitro groups is 2. The molecule has 10 rings (SSSR count). The summed E-state index contributed by atoms with van der Waals surface area (Å²) in [5.74, 6) is -2.58. The van der Waals surface area contributed by atoms with E-state index in [1.807, 2.05) is 4.90 Å².